The summed E-state index contributed by atoms with van der Waals surface area (Å²) in [6, 6.07) is 8.36. The molecule has 1 aromatic carbocycles. The first-order chi connectivity index (χ1) is 6.72. The summed E-state index contributed by atoms with van der Waals surface area (Å²) in [4.78, 5) is 10.3. The molecule has 0 bridgehead atoms. The van der Waals surface area contributed by atoms with Gasteiger partial charge in [-0.1, -0.05) is 18.2 Å². The van der Waals surface area contributed by atoms with Crippen molar-refractivity contribution in [3.63, 3.8) is 0 Å². The number of nitrogens with one attached hydrogen (secondary N) is 1. The van der Waals surface area contributed by atoms with Gasteiger partial charge >= 0.3 is 8.18 Å². The highest BCUT2D eigenvalue weighted by Crippen LogP contribution is 2.22. The maximum absolute atomic E-state index is 11.3. The molecule has 0 aromatic heterocycles. The molecule has 0 fully saturated rings. The van der Waals surface area contributed by atoms with E-state index in [9.17, 15) is 9.36 Å². The first-order valence-electron chi connectivity index (χ1n) is 4.21. The summed E-state index contributed by atoms with van der Waals surface area (Å²) in [5.74, 6) is 0.530. The van der Waals surface area contributed by atoms with E-state index in [0.29, 0.717) is 12.0 Å². The van der Waals surface area contributed by atoms with Gasteiger partial charge in [0.25, 0.3) is 0 Å². The molecule has 2 atom stereocenters. The lowest BCUT2D eigenvalue weighted by Crippen LogP contribution is -2.21. The number of hydrogen-bond acceptors (Lipinski definition) is 3. The first kappa shape index (κ1) is 11.0. The number of para-hydroxylation sites is 1. The highest BCUT2D eigenvalue weighted by Gasteiger charge is 2.05. The molecule has 0 amide bonds. The van der Waals surface area contributed by atoms with Crippen molar-refractivity contribution in [1.82, 2.24) is 5.09 Å². The van der Waals surface area contributed by atoms with Crippen LogP contribution in [0.2, 0.25) is 0 Å². The molecule has 0 heterocycles. The van der Waals surface area contributed by atoms with Crippen LogP contribution in [0.3, 0.4) is 0 Å². The Morgan fingerprint density at radius 3 is 2.64 bits per heavy atom. The van der Waals surface area contributed by atoms with Gasteiger partial charge in [-0.2, -0.15) is 0 Å². The van der Waals surface area contributed by atoms with E-state index in [-0.39, 0.29) is 0 Å². The van der Waals surface area contributed by atoms with Crippen LogP contribution in [-0.2, 0) is 9.36 Å². The zero-order chi connectivity index (χ0) is 10.4. The van der Waals surface area contributed by atoms with Gasteiger partial charge in [-0.25, -0.2) is 5.09 Å². The van der Waals surface area contributed by atoms with Gasteiger partial charge in [-0.05, 0) is 19.1 Å². The molecule has 5 heteroatoms. The number of aldehydes is 1. The molecule has 76 valence electrons. The topological polar surface area (TPSA) is 55.4 Å². The van der Waals surface area contributed by atoms with Gasteiger partial charge in [-0.3, -0.25) is 4.57 Å². The van der Waals surface area contributed by atoms with Gasteiger partial charge in [0.05, 0.1) is 6.04 Å². The van der Waals surface area contributed by atoms with Crippen molar-refractivity contribution in [3.05, 3.63) is 30.3 Å². The van der Waals surface area contributed by atoms with Crippen molar-refractivity contribution in [2.75, 3.05) is 0 Å². The lowest BCUT2D eigenvalue weighted by Gasteiger charge is -2.08. The number of benzene rings is 1. The Morgan fingerprint density at radius 2 is 2.07 bits per heavy atom. The van der Waals surface area contributed by atoms with E-state index in [1.54, 1.807) is 31.2 Å². The minimum Gasteiger partial charge on any atom is -0.434 e. The molecule has 0 aliphatic heterocycles. The van der Waals surface area contributed by atoms with Crippen molar-refractivity contribution in [2.45, 2.75) is 13.0 Å². The molecular formula is C9H12NO3P. The van der Waals surface area contributed by atoms with Gasteiger partial charge in [0.15, 0.2) is 0 Å². The Hall–Kier alpha value is -1.12. The maximum Gasteiger partial charge on any atom is 0.305 e. The first-order valence-corrected chi connectivity index (χ1v) is 5.52. The van der Waals surface area contributed by atoms with Crippen molar-refractivity contribution in [2.24, 2.45) is 0 Å². The van der Waals surface area contributed by atoms with E-state index in [1.807, 2.05) is 6.07 Å². The van der Waals surface area contributed by atoms with Crippen LogP contribution >= 0.6 is 8.18 Å². The molecule has 0 aliphatic rings. The van der Waals surface area contributed by atoms with E-state index < -0.39 is 14.2 Å². The summed E-state index contributed by atoms with van der Waals surface area (Å²) in [6.45, 7) is 1.62. The molecule has 1 unspecified atom stereocenters. The standard InChI is InChI=1S/C9H12NO3P/c1-8(7-11)10-14(12)13-9-5-3-2-4-6-9/h2-8,14H,1H3,(H,10,12)/t8-/m0/s1. The Labute approximate surface area is 83.2 Å². The zero-order valence-electron chi connectivity index (χ0n) is 7.77. The van der Waals surface area contributed by atoms with Crippen LogP contribution in [0.4, 0.5) is 0 Å². The molecule has 0 saturated carbocycles. The summed E-state index contributed by atoms with van der Waals surface area (Å²) < 4.78 is 16.3. The fourth-order valence-electron chi connectivity index (χ4n) is 0.845. The molecule has 1 rings (SSSR count). The molecule has 0 spiro atoms. The van der Waals surface area contributed by atoms with Crippen LogP contribution < -0.4 is 9.61 Å². The minimum atomic E-state index is -2.38. The Morgan fingerprint density at radius 1 is 1.43 bits per heavy atom. The Balaban J connectivity index is 2.46. The predicted molar refractivity (Wildman–Crippen MR) is 54.7 cm³/mol. The van der Waals surface area contributed by atoms with E-state index in [0.717, 1.165) is 0 Å². The lowest BCUT2D eigenvalue weighted by molar-refractivity contribution is -0.108. The van der Waals surface area contributed by atoms with E-state index in [1.165, 1.54) is 0 Å². The molecule has 1 N–H and O–H groups in total. The number of carbonyl (C=O) groups excluding carboxylic acids is 1. The number of rotatable bonds is 5. The van der Waals surface area contributed by atoms with Crippen LogP contribution in [0.15, 0.2) is 30.3 Å². The van der Waals surface area contributed by atoms with Gasteiger partial charge in [-0.15, -0.1) is 0 Å². The average Bonchev–Trinajstić information content (AvgIpc) is 2.19. The van der Waals surface area contributed by atoms with Gasteiger partial charge in [0.2, 0.25) is 0 Å². The normalized spacial score (nSPS) is 14.4. The van der Waals surface area contributed by atoms with Gasteiger partial charge in [0.1, 0.15) is 12.0 Å². The van der Waals surface area contributed by atoms with Crippen LogP contribution in [0.1, 0.15) is 6.92 Å². The van der Waals surface area contributed by atoms with E-state index in [2.05, 4.69) is 5.09 Å². The molecule has 0 radical (unpaired) electrons. The average molecular weight is 213 g/mol. The molecule has 1 aromatic rings. The fourth-order valence-corrected chi connectivity index (χ4v) is 1.69. The highest BCUT2D eigenvalue weighted by molar-refractivity contribution is 7.37. The van der Waals surface area contributed by atoms with Gasteiger partial charge in [0, 0.05) is 0 Å². The van der Waals surface area contributed by atoms with Crippen molar-refractivity contribution < 1.29 is 13.9 Å². The predicted octanol–water partition coefficient (Wildman–Crippen LogP) is 1.63. The summed E-state index contributed by atoms with van der Waals surface area (Å²) in [7, 11) is -2.38. The third-order valence-electron chi connectivity index (χ3n) is 1.50. The number of hydrogen-bond donors (Lipinski definition) is 1. The SMILES string of the molecule is C[C@@H](C=O)N[PH](=O)Oc1ccccc1. The van der Waals surface area contributed by atoms with E-state index >= 15 is 0 Å². The van der Waals surface area contributed by atoms with Crippen LogP contribution in [-0.4, -0.2) is 12.3 Å². The van der Waals surface area contributed by atoms with Gasteiger partial charge < -0.3 is 9.32 Å². The smallest absolute Gasteiger partial charge is 0.305 e. The Kier molecular flexibility index (Phi) is 4.36. The van der Waals surface area contributed by atoms with Crippen LogP contribution in [0.5, 0.6) is 5.75 Å². The monoisotopic (exact) mass is 213 g/mol. The van der Waals surface area contributed by atoms with E-state index in [4.69, 9.17) is 4.52 Å². The van der Waals surface area contributed by atoms with Crippen molar-refractivity contribution in [3.8, 4) is 5.75 Å². The quantitative estimate of drug-likeness (QED) is 0.596. The lowest BCUT2D eigenvalue weighted by atomic mass is 10.3. The van der Waals surface area contributed by atoms with Crippen LogP contribution in [0, 0.1) is 0 Å². The third-order valence-corrected chi connectivity index (χ3v) is 2.62. The summed E-state index contributed by atoms with van der Waals surface area (Å²) in [6.07, 6.45) is 0.678. The summed E-state index contributed by atoms with van der Waals surface area (Å²) in [5.41, 5.74) is 0. The summed E-state index contributed by atoms with van der Waals surface area (Å²) >= 11 is 0. The van der Waals surface area contributed by atoms with Crippen molar-refractivity contribution in [1.29, 1.82) is 0 Å². The molecule has 0 saturated heterocycles. The third kappa shape index (κ3) is 3.73. The second kappa shape index (κ2) is 5.58. The fraction of sp³-hybridized carbons (Fsp3) is 0.222. The van der Waals surface area contributed by atoms with Crippen molar-refractivity contribution >= 4 is 14.5 Å². The minimum absolute atomic E-state index is 0.454. The maximum atomic E-state index is 11.3. The zero-order valence-corrected chi connectivity index (χ0v) is 8.77. The number of carbonyl (C=O) groups is 1. The molecule has 4 nitrogen and oxygen atoms in total. The highest BCUT2D eigenvalue weighted by atomic mass is 31.1. The molecule has 14 heavy (non-hydrogen) atoms. The second-order valence-electron chi connectivity index (χ2n) is 2.77. The second-order valence-corrected chi connectivity index (χ2v) is 3.84. The summed E-state index contributed by atoms with van der Waals surface area (Å²) in [5, 5.41) is 2.53. The molecule has 0 aliphatic carbocycles. The Bertz CT molecular complexity index is 315. The molecular weight excluding hydrogens is 201 g/mol. The van der Waals surface area contributed by atoms with Crippen LogP contribution in [0.25, 0.3) is 0 Å². The largest absolute Gasteiger partial charge is 0.434 e.